The number of hydrogen-bond acceptors (Lipinski definition) is 4. The Morgan fingerprint density at radius 1 is 1.50 bits per heavy atom. The lowest BCUT2D eigenvalue weighted by Gasteiger charge is -2.25. The summed E-state index contributed by atoms with van der Waals surface area (Å²) in [6.07, 6.45) is 1.33. The number of esters is 1. The number of ether oxygens (including phenoxy) is 1. The molecule has 0 unspecified atom stereocenters. The molecular weight excluding hydrogens is 160 g/mol. The molecule has 0 N–H and O–H groups in total. The third kappa shape index (κ3) is 1.93. The number of nitroso groups, excluding NO2 is 1. The van der Waals surface area contributed by atoms with Gasteiger partial charge in [0.2, 0.25) is 0 Å². The fraction of sp³-hybridized carbons (Fsp3) is 0.857. The summed E-state index contributed by atoms with van der Waals surface area (Å²) in [7, 11) is 1.38. The maximum atomic E-state index is 11.0. The van der Waals surface area contributed by atoms with Gasteiger partial charge in [0.1, 0.15) is 0 Å². The molecule has 1 aliphatic rings. The third-order valence-electron chi connectivity index (χ3n) is 2.12. The van der Waals surface area contributed by atoms with Gasteiger partial charge < -0.3 is 4.74 Å². The molecule has 0 saturated carbocycles. The first-order valence-corrected chi connectivity index (χ1v) is 3.94. The van der Waals surface area contributed by atoms with Gasteiger partial charge in [-0.3, -0.25) is 9.80 Å². The number of methoxy groups -OCH3 is 1. The van der Waals surface area contributed by atoms with Crippen LogP contribution in [-0.4, -0.2) is 31.2 Å². The molecule has 0 aromatic carbocycles. The minimum absolute atomic E-state index is 0.0481. The first-order chi connectivity index (χ1) is 5.77. The van der Waals surface area contributed by atoms with E-state index in [9.17, 15) is 9.70 Å². The van der Waals surface area contributed by atoms with Crippen molar-refractivity contribution in [3.05, 3.63) is 4.91 Å². The number of rotatable bonds is 2. The molecule has 0 bridgehead atoms. The molecule has 68 valence electrons. The molecule has 1 saturated heterocycles. The van der Waals surface area contributed by atoms with Crippen molar-refractivity contribution in [1.82, 2.24) is 5.01 Å². The molecule has 12 heavy (non-hydrogen) atoms. The van der Waals surface area contributed by atoms with Gasteiger partial charge in [0.15, 0.2) is 0 Å². The highest BCUT2D eigenvalue weighted by molar-refractivity contribution is 5.72. The van der Waals surface area contributed by atoms with Crippen LogP contribution in [0.3, 0.4) is 0 Å². The highest BCUT2D eigenvalue weighted by atomic mass is 16.5. The minimum Gasteiger partial charge on any atom is -0.469 e. The van der Waals surface area contributed by atoms with Crippen molar-refractivity contribution in [2.24, 2.45) is 11.2 Å². The quantitative estimate of drug-likeness (QED) is 0.451. The highest BCUT2D eigenvalue weighted by Crippen LogP contribution is 2.17. The topological polar surface area (TPSA) is 59.0 Å². The third-order valence-corrected chi connectivity index (χ3v) is 2.12. The number of nitrogens with zero attached hydrogens (tertiary/aromatic N) is 2. The Balaban J connectivity index is 2.35. The second-order valence-electron chi connectivity index (χ2n) is 2.83. The normalized spacial score (nSPS) is 18.9. The van der Waals surface area contributed by atoms with E-state index in [1.54, 1.807) is 0 Å². The van der Waals surface area contributed by atoms with Gasteiger partial charge in [-0.1, -0.05) is 0 Å². The van der Waals surface area contributed by atoms with Crippen molar-refractivity contribution < 1.29 is 9.53 Å². The molecule has 0 aromatic heterocycles. The predicted octanol–water partition coefficient (Wildman–Crippen LogP) is 0.553. The van der Waals surface area contributed by atoms with Crippen LogP contribution in [0.1, 0.15) is 12.8 Å². The zero-order chi connectivity index (χ0) is 8.97. The number of hydrogen-bond donors (Lipinski definition) is 0. The van der Waals surface area contributed by atoms with Crippen LogP contribution in [0.4, 0.5) is 0 Å². The maximum Gasteiger partial charge on any atom is 0.308 e. The van der Waals surface area contributed by atoms with Crippen LogP contribution in [0.2, 0.25) is 0 Å². The van der Waals surface area contributed by atoms with Crippen molar-refractivity contribution in [3.63, 3.8) is 0 Å². The zero-order valence-electron chi connectivity index (χ0n) is 7.02. The van der Waals surface area contributed by atoms with Gasteiger partial charge in [-0.15, -0.1) is 4.91 Å². The largest absolute Gasteiger partial charge is 0.469 e. The molecule has 0 amide bonds. The molecule has 0 aliphatic carbocycles. The van der Waals surface area contributed by atoms with Crippen molar-refractivity contribution in [1.29, 1.82) is 0 Å². The fourth-order valence-corrected chi connectivity index (χ4v) is 1.35. The lowest BCUT2D eigenvalue weighted by Crippen LogP contribution is -2.33. The van der Waals surface area contributed by atoms with Crippen molar-refractivity contribution >= 4 is 5.97 Å². The highest BCUT2D eigenvalue weighted by Gasteiger charge is 2.25. The summed E-state index contributed by atoms with van der Waals surface area (Å²) in [5.74, 6) is -0.228. The van der Waals surface area contributed by atoms with E-state index in [-0.39, 0.29) is 11.9 Å². The molecule has 0 atom stereocenters. The Labute approximate surface area is 70.6 Å². The van der Waals surface area contributed by atoms with Crippen LogP contribution in [0, 0.1) is 10.8 Å². The van der Waals surface area contributed by atoms with Crippen LogP contribution >= 0.6 is 0 Å². The van der Waals surface area contributed by atoms with E-state index in [1.165, 1.54) is 12.1 Å². The lowest BCUT2D eigenvalue weighted by atomic mass is 9.98. The summed E-state index contributed by atoms with van der Waals surface area (Å²) in [6, 6.07) is 0. The second kappa shape index (κ2) is 4.04. The maximum absolute atomic E-state index is 11.0. The second-order valence-corrected chi connectivity index (χ2v) is 2.83. The molecule has 5 heteroatoms. The summed E-state index contributed by atoms with van der Waals surface area (Å²) in [5.41, 5.74) is 0. The Bertz CT molecular complexity index is 175. The van der Waals surface area contributed by atoms with E-state index in [0.717, 1.165) is 0 Å². The number of carbonyl (C=O) groups excluding carboxylic acids is 1. The fourth-order valence-electron chi connectivity index (χ4n) is 1.35. The molecule has 1 fully saturated rings. The monoisotopic (exact) mass is 172 g/mol. The number of piperidine rings is 1. The van der Waals surface area contributed by atoms with Crippen LogP contribution in [0.25, 0.3) is 0 Å². The van der Waals surface area contributed by atoms with Gasteiger partial charge in [-0.2, -0.15) is 0 Å². The Hall–Kier alpha value is -1.13. The molecule has 1 rings (SSSR count). The van der Waals surface area contributed by atoms with E-state index in [2.05, 4.69) is 10.0 Å². The van der Waals surface area contributed by atoms with E-state index in [1.807, 2.05) is 0 Å². The van der Waals surface area contributed by atoms with E-state index in [4.69, 9.17) is 0 Å². The van der Waals surface area contributed by atoms with E-state index < -0.39 is 0 Å². The van der Waals surface area contributed by atoms with Gasteiger partial charge in [0.05, 0.1) is 18.3 Å². The smallest absolute Gasteiger partial charge is 0.308 e. The average Bonchev–Trinajstić information content (AvgIpc) is 2.17. The zero-order valence-corrected chi connectivity index (χ0v) is 7.02. The van der Waals surface area contributed by atoms with Crippen molar-refractivity contribution in [2.45, 2.75) is 12.8 Å². The number of carbonyl (C=O) groups is 1. The lowest BCUT2D eigenvalue weighted by molar-refractivity contribution is -0.147. The average molecular weight is 172 g/mol. The summed E-state index contributed by atoms with van der Waals surface area (Å²) >= 11 is 0. The molecule has 1 heterocycles. The van der Waals surface area contributed by atoms with Gasteiger partial charge in [-0.25, -0.2) is 0 Å². The van der Waals surface area contributed by atoms with Crippen molar-refractivity contribution in [2.75, 3.05) is 20.2 Å². The predicted molar refractivity (Wildman–Crippen MR) is 42.1 cm³/mol. The summed E-state index contributed by atoms with van der Waals surface area (Å²) < 4.78 is 4.59. The Morgan fingerprint density at radius 3 is 2.50 bits per heavy atom. The first-order valence-electron chi connectivity index (χ1n) is 3.94. The molecule has 0 radical (unpaired) electrons. The van der Waals surface area contributed by atoms with E-state index in [0.29, 0.717) is 25.9 Å². The standard InChI is InChI=1S/C7H12N2O3/c1-12-7(10)6-2-4-9(8-11)5-3-6/h6H,2-5H2,1H3. The summed E-state index contributed by atoms with van der Waals surface area (Å²) in [6.45, 7) is 1.12. The van der Waals surface area contributed by atoms with Crippen LogP contribution in [0.5, 0.6) is 0 Å². The van der Waals surface area contributed by atoms with Crippen LogP contribution in [-0.2, 0) is 9.53 Å². The summed E-state index contributed by atoms with van der Waals surface area (Å²) in [5, 5.41) is 4.23. The van der Waals surface area contributed by atoms with Gasteiger partial charge in [0.25, 0.3) is 0 Å². The van der Waals surface area contributed by atoms with Gasteiger partial charge >= 0.3 is 5.97 Å². The van der Waals surface area contributed by atoms with Crippen molar-refractivity contribution in [3.8, 4) is 0 Å². The minimum atomic E-state index is -0.180. The van der Waals surface area contributed by atoms with Crippen LogP contribution < -0.4 is 0 Å². The van der Waals surface area contributed by atoms with Crippen LogP contribution in [0.15, 0.2) is 5.29 Å². The SMILES string of the molecule is COC(=O)C1CCN(N=O)CC1. The molecule has 0 spiro atoms. The molecular formula is C7H12N2O3. The Morgan fingerprint density at radius 2 is 2.08 bits per heavy atom. The molecule has 0 aromatic rings. The Kier molecular flexibility index (Phi) is 3.01. The van der Waals surface area contributed by atoms with Gasteiger partial charge in [0, 0.05) is 13.1 Å². The summed E-state index contributed by atoms with van der Waals surface area (Å²) in [4.78, 5) is 21.1. The van der Waals surface area contributed by atoms with E-state index >= 15 is 0 Å². The van der Waals surface area contributed by atoms with Gasteiger partial charge in [-0.05, 0) is 12.8 Å². The molecule has 1 aliphatic heterocycles. The first kappa shape index (κ1) is 8.96. The molecule has 5 nitrogen and oxygen atoms in total.